The highest BCUT2D eigenvalue weighted by Gasteiger charge is 2.31. The number of rotatable bonds is 4. The Hall–Kier alpha value is -3.33. The monoisotopic (exact) mass is 336 g/mol. The van der Waals surface area contributed by atoms with Crippen molar-refractivity contribution >= 4 is 23.6 Å². The molecule has 0 bridgehead atoms. The molecule has 1 aliphatic heterocycles. The number of fused-ring (bicyclic) bond motifs is 1. The van der Waals surface area contributed by atoms with E-state index in [2.05, 4.69) is 0 Å². The minimum absolute atomic E-state index is 0.00213. The average Bonchev–Trinajstić information content (AvgIpc) is 3.23. The predicted molar refractivity (Wildman–Crippen MR) is 90.4 cm³/mol. The van der Waals surface area contributed by atoms with Crippen molar-refractivity contribution in [3.63, 3.8) is 0 Å². The lowest BCUT2D eigenvalue weighted by molar-refractivity contribution is -0.143. The number of nitrogens with zero attached hydrogens (tertiary/aromatic N) is 2. The second kappa shape index (κ2) is 7.05. The molecular formula is C19H16N2O4. The van der Waals surface area contributed by atoms with Crippen LogP contribution in [-0.4, -0.2) is 24.5 Å². The van der Waals surface area contributed by atoms with Gasteiger partial charge in [-0.25, -0.2) is 4.79 Å². The van der Waals surface area contributed by atoms with Crippen LogP contribution in [-0.2, 0) is 20.7 Å². The Morgan fingerprint density at radius 3 is 2.88 bits per heavy atom. The molecule has 1 atom stereocenters. The fraction of sp³-hybridized carbons (Fsp3) is 0.211. The van der Waals surface area contributed by atoms with Crippen LogP contribution in [0.25, 0.3) is 6.08 Å². The molecule has 0 radical (unpaired) electrons. The predicted octanol–water partition coefficient (Wildman–Crippen LogP) is 2.71. The van der Waals surface area contributed by atoms with Crippen LogP contribution >= 0.6 is 0 Å². The lowest BCUT2D eigenvalue weighted by atomic mass is 10.1. The third-order valence-corrected chi connectivity index (χ3v) is 3.97. The van der Waals surface area contributed by atoms with E-state index < -0.39 is 12.6 Å². The largest absolute Gasteiger partial charge is 0.465 e. The van der Waals surface area contributed by atoms with E-state index in [4.69, 9.17) is 14.4 Å². The fourth-order valence-corrected chi connectivity index (χ4v) is 2.87. The summed E-state index contributed by atoms with van der Waals surface area (Å²) in [4.78, 5) is 26.1. The third kappa shape index (κ3) is 3.45. The first-order chi connectivity index (χ1) is 12.1. The van der Waals surface area contributed by atoms with Crippen LogP contribution in [0, 0.1) is 11.3 Å². The van der Waals surface area contributed by atoms with Gasteiger partial charge in [-0.05, 0) is 37.1 Å². The number of carbonyl (C=O) groups is 2. The van der Waals surface area contributed by atoms with Gasteiger partial charge in [-0.2, -0.15) is 5.26 Å². The second-order valence-corrected chi connectivity index (χ2v) is 5.71. The molecule has 1 amide bonds. The smallest absolute Gasteiger partial charge is 0.349 e. The van der Waals surface area contributed by atoms with Gasteiger partial charge in [0, 0.05) is 17.8 Å². The van der Waals surface area contributed by atoms with Gasteiger partial charge in [0.15, 0.2) is 6.61 Å². The number of ether oxygens (including phenoxy) is 1. The van der Waals surface area contributed by atoms with E-state index >= 15 is 0 Å². The number of nitriles is 1. The molecule has 0 fully saturated rings. The van der Waals surface area contributed by atoms with Crippen molar-refractivity contribution in [2.24, 2.45) is 0 Å². The maximum absolute atomic E-state index is 12.5. The molecule has 0 N–H and O–H groups in total. The number of para-hydroxylation sites is 1. The molecule has 126 valence electrons. The number of carbonyl (C=O) groups excluding carboxylic acids is 2. The van der Waals surface area contributed by atoms with Crippen LogP contribution in [0.15, 0.2) is 52.7 Å². The normalized spacial score (nSPS) is 16.2. The third-order valence-electron chi connectivity index (χ3n) is 3.97. The first kappa shape index (κ1) is 16.5. The zero-order chi connectivity index (χ0) is 17.8. The number of hydrogen-bond acceptors (Lipinski definition) is 5. The van der Waals surface area contributed by atoms with Crippen molar-refractivity contribution < 1.29 is 18.7 Å². The van der Waals surface area contributed by atoms with Gasteiger partial charge in [0.25, 0.3) is 5.91 Å². The maximum Gasteiger partial charge on any atom is 0.349 e. The molecular weight excluding hydrogens is 320 g/mol. The van der Waals surface area contributed by atoms with E-state index in [1.165, 1.54) is 12.3 Å². The molecule has 0 saturated heterocycles. The summed E-state index contributed by atoms with van der Waals surface area (Å²) in [5.74, 6) is -0.810. The van der Waals surface area contributed by atoms with E-state index in [-0.39, 0.29) is 17.5 Å². The summed E-state index contributed by atoms with van der Waals surface area (Å²) in [7, 11) is 0. The summed E-state index contributed by atoms with van der Waals surface area (Å²) in [6.45, 7) is 1.52. The number of amides is 1. The molecule has 2 heterocycles. The number of furan rings is 1. The quantitative estimate of drug-likeness (QED) is 0.487. The Bertz CT molecular complexity index is 862. The summed E-state index contributed by atoms with van der Waals surface area (Å²) in [5.41, 5.74) is 1.70. The van der Waals surface area contributed by atoms with Gasteiger partial charge in [0.2, 0.25) is 0 Å². The molecule has 0 spiro atoms. The summed E-state index contributed by atoms with van der Waals surface area (Å²) in [6, 6.07) is 12.6. The highest BCUT2D eigenvalue weighted by molar-refractivity contribution is 6.01. The summed E-state index contributed by atoms with van der Waals surface area (Å²) in [5, 5.41) is 9.09. The molecule has 0 saturated carbocycles. The summed E-state index contributed by atoms with van der Waals surface area (Å²) in [6.07, 6.45) is 3.47. The lowest BCUT2D eigenvalue weighted by Crippen LogP contribution is -2.38. The average molecular weight is 336 g/mol. The molecule has 3 rings (SSSR count). The van der Waals surface area contributed by atoms with Crippen molar-refractivity contribution in [3.8, 4) is 6.07 Å². The molecule has 0 unspecified atom stereocenters. The lowest BCUT2D eigenvalue weighted by Gasteiger charge is -2.22. The van der Waals surface area contributed by atoms with Crippen molar-refractivity contribution in [1.82, 2.24) is 0 Å². The fourth-order valence-electron chi connectivity index (χ4n) is 2.87. The highest BCUT2D eigenvalue weighted by Crippen LogP contribution is 2.31. The first-order valence-electron chi connectivity index (χ1n) is 7.82. The Kier molecular flexibility index (Phi) is 4.66. The molecule has 1 aromatic carbocycles. The minimum atomic E-state index is -0.854. The van der Waals surface area contributed by atoms with Crippen molar-refractivity contribution in [2.75, 3.05) is 11.5 Å². The number of hydrogen-bond donors (Lipinski definition) is 0. The Morgan fingerprint density at radius 2 is 2.16 bits per heavy atom. The zero-order valence-corrected chi connectivity index (χ0v) is 13.6. The van der Waals surface area contributed by atoms with Gasteiger partial charge < -0.3 is 14.1 Å². The van der Waals surface area contributed by atoms with Crippen LogP contribution < -0.4 is 4.90 Å². The van der Waals surface area contributed by atoms with Gasteiger partial charge in [0.1, 0.15) is 17.4 Å². The maximum atomic E-state index is 12.5. The van der Waals surface area contributed by atoms with Crippen molar-refractivity contribution in [2.45, 2.75) is 19.4 Å². The van der Waals surface area contributed by atoms with Crippen molar-refractivity contribution in [1.29, 1.82) is 5.26 Å². The van der Waals surface area contributed by atoms with Crippen LogP contribution in [0.3, 0.4) is 0 Å². The van der Waals surface area contributed by atoms with Gasteiger partial charge in [0.05, 0.1) is 6.26 Å². The van der Waals surface area contributed by atoms with Crippen LogP contribution in [0.4, 0.5) is 5.69 Å². The number of benzene rings is 1. The Morgan fingerprint density at radius 1 is 1.36 bits per heavy atom. The molecule has 6 nitrogen and oxygen atoms in total. The van der Waals surface area contributed by atoms with Crippen LogP contribution in [0.5, 0.6) is 0 Å². The SMILES string of the molecule is C[C@@H]1Cc2ccccc2N1C(=O)COC(=O)/C(C#N)=C/c1ccco1. The van der Waals surface area contributed by atoms with Crippen LogP contribution in [0.2, 0.25) is 0 Å². The standard InChI is InChI=1S/C19H16N2O4/c1-13-9-14-5-2-3-7-17(14)21(13)18(22)12-25-19(23)15(11-20)10-16-6-4-8-24-16/h2-8,10,13H,9,12H2,1H3/b15-10+/t13-/m1/s1. The Labute approximate surface area is 144 Å². The van der Waals surface area contributed by atoms with E-state index in [1.807, 2.05) is 31.2 Å². The van der Waals surface area contributed by atoms with E-state index in [9.17, 15) is 9.59 Å². The number of anilines is 1. The molecule has 0 aliphatic carbocycles. The number of esters is 1. The van der Waals surface area contributed by atoms with E-state index in [0.29, 0.717) is 5.76 Å². The molecule has 1 aromatic heterocycles. The Balaban J connectivity index is 1.66. The topological polar surface area (TPSA) is 83.5 Å². The first-order valence-corrected chi connectivity index (χ1v) is 7.82. The minimum Gasteiger partial charge on any atom is -0.465 e. The van der Waals surface area contributed by atoms with E-state index in [0.717, 1.165) is 17.7 Å². The zero-order valence-electron chi connectivity index (χ0n) is 13.6. The highest BCUT2D eigenvalue weighted by atomic mass is 16.5. The summed E-state index contributed by atoms with van der Waals surface area (Å²) < 4.78 is 10.1. The van der Waals surface area contributed by atoms with Gasteiger partial charge in [-0.15, -0.1) is 0 Å². The van der Waals surface area contributed by atoms with Crippen molar-refractivity contribution in [3.05, 3.63) is 59.6 Å². The van der Waals surface area contributed by atoms with Gasteiger partial charge in [-0.3, -0.25) is 4.79 Å². The van der Waals surface area contributed by atoms with Crippen LogP contribution in [0.1, 0.15) is 18.2 Å². The van der Waals surface area contributed by atoms with Gasteiger partial charge >= 0.3 is 5.97 Å². The molecule has 25 heavy (non-hydrogen) atoms. The molecule has 6 heteroatoms. The summed E-state index contributed by atoms with van der Waals surface area (Å²) >= 11 is 0. The molecule has 2 aromatic rings. The molecule has 1 aliphatic rings. The van der Waals surface area contributed by atoms with Gasteiger partial charge in [-0.1, -0.05) is 18.2 Å². The second-order valence-electron chi connectivity index (χ2n) is 5.71. The van der Waals surface area contributed by atoms with E-state index in [1.54, 1.807) is 23.1 Å².